The first-order valence-electron chi connectivity index (χ1n) is 4.18. The van der Waals surface area contributed by atoms with Gasteiger partial charge in [0.1, 0.15) is 29.3 Å². The molecule has 0 aliphatic heterocycles. The molecule has 3 nitrogen and oxygen atoms in total. The summed E-state index contributed by atoms with van der Waals surface area (Å²) in [4.78, 5) is 0. The number of halogens is 4. The Kier molecular flexibility index (Phi) is 5.86. The molecule has 0 aliphatic rings. The van der Waals surface area contributed by atoms with Gasteiger partial charge in [-0.1, -0.05) is 6.08 Å². The molecule has 0 fully saturated rings. The average molecular weight is 316 g/mol. The Bertz CT molecular complexity index is 715. The van der Waals surface area contributed by atoms with Gasteiger partial charge >= 0.3 is 0 Å². The van der Waals surface area contributed by atoms with Crippen molar-refractivity contribution in [1.29, 1.82) is 15.8 Å². The molecule has 0 heterocycles. The Balaban J connectivity index is 0.00000324. The molecule has 19 heavy (non-hydrogen) atoms. The van der Waals surface area contributed by atoms with Crippen molar-refractivity contribution in [3.8, 4) is 18.2 Å². The fourth-order valence-electron chi connectivity index (χ4n) is 1.15. The van der Waals surface area contributed by atoms with Crippen LogP contribution in [0.2, 0.25) is 0 Å². The monoisotopic (exact) mass is 314 g/mol. The van der Waals surface area contributed by atoms with E-state index in [2.05, 4.69) is 0 Å². The third-order valence-corrected chi connectivity index (χ3v) is 1.92. The van der Waals surface area contributed by atoms with Crippen molar-refractivity contribution in [2.45, 2.75) is 0 Å². The van der Waals surface area contributed by atoms with Gasteiger partial charge in [0.05, 0.1) is 16.9 Å². The number of rotatable bonds is 0. The summed E-state index contributed by atoms with van der Waals surface area (Å²) in [6, 6.07) is 3.32. The first-order valence-corrected chi connectivity index (χ1v) is 4.18. The Morgan fingerprint density at radius 1 is 0.842 bits per heavy atom. The standard InChI is InChI=1S/C11F4N3.Zn/c12-8-6(1-2-16)9(13)11(15)7(10(8)14)5(3-17)4-18;/q-1;. The van der Waals surface area contributed by atoms with Gasteiger partial charge in [-0.15, -0.1) is 5.22 Å². The van der Waals surface area contributed by atoms with Crippen LogP contribution in [-0.4, -0.2) is 0 Å². The van der Waals surface area contributed by atoms with Gasteiger partial charge in [-0.05, 0) is 0 Å². The molecule has 0 saturated carbocycles. The Morgan fingerprint density at radius 3 is 1.58 bits per heavy atom. The van der Waals surface area contributed by atoms with Gasteiger partial charge in [-0.2, -0.15) is 10.5 Å². The maximum Gasteiger partial charge on any atom is 0.140 e. The molecule has 8 heteroatoms. The minimum atomic E-state index is -1.93. The largest absolute Gasteiger partial charge is 0.280 e. The van der Waals surface area contributed by atoms with Gasteiger partial charge in [0, 0.05) is 25.5 Å². The third kappa shape index (κ3) is 2.79. The van der Waals surface area contributed by atoms with Crippen LogP contribution in [-0.2, 0) is 19.5 Å². The molecule has 1 aromatic carbocycles. The molecule has 0 N–H and O–H groups in total. The van der Waals surface area contributed by atoms with Crippen molar-refractivity contribution in [1.82, 2.24) is 0 Å². The Morgan fingerprint density at radius 2 is 1.26 bits per heavy atom. The summed E-state index contributed by atoms with van der Waals surface area (Å²) in [7, 11) is 0. The molecule has 0 aromatic heterocycles. The summed E-state index contributed by atoms with van der Waals surface area (Å²) < 4.78 is 53.4. The third-order valence-electron chi connectivity index (χ3n) is 1.92. The number of nitrogens with zero attached hydrogens (tertiary/aromatic N) is 3. The van der Waals surface area contributed by atoms with Crippen LogP contribution in [0.25, 0.3) is 11.6 Å². The van der Waals surface area contributed by atoms with Crippen molar-refractivity contribution in [3.05, 3.63) is 33.7 Å². The van der Waals surface area contributed by atoms with Crippen LogP contribution in [0, 0.1) is 57.3 Å². The van der Waals surface area contributed by atoms with E-state index in [1.807, 2.05) is 0 Å². The Hall–Kier alpha value is -2.23. The smallest absolute Gasteiger partial charge is 0.140 e. The minimum Gasteiger partial charge on any atom is -0.280 e. The van der Waals surface area contributed by atoms with Crippen molar-refractivity contribution < 1.29 is 37.0 Å². The Labute approximate surface area is 117 Å². The molecule has 0 atom stereocenters. The molecule has 1 aromatic rings. The summed E-state index contributed by atoms with van der Waals surface area (Å²) in [5.41, 5.74) is -1.12. The van der Waals surface area contributed by atoms with Crippen molar-refractivity contribution in [2.75, 3.05) is 0 Å². The minimum absolute atomic E-state index is 0. The molecule has 0 amide bonds. The second-order valence-corrected chi connectivity index (χ2v) is 2.84. The molecule has 1 rings (SSSR count). The first kappa shape index (κ1) is 16.8. The van der Waals surface area contributed by atoms with E-state index in [1.54, 1.807) is 0 Å². The molecule has 0 spiro atoms. The van der Waals surface area contributed by atoms with E-state index in [1.165, 1.54) is 6.08 Å². The molecule has 0 saturated heterocycles. The van der Waals surface area contributed by atoms with Gasteiger partial charge in [0.2, 0.25) is 0 Å². The predicted octanol–water partition coefficient (Wildman–Crippen LogP) is 0.619. The number of hydrogen-bond donors (Lipinski definition) is 0. The second kappa shape index (κ2) is 6.64. The van der Waals surface area contributed by atoms with Crippen molar-refractivity contribution in [3.63, 3.8) is 0 Å². The number of hydrogen-bond acceptors (Lipinski definition) is 3. The zero-order valence-electron chi connectivity index (χ0n) is 9.06. The molecule has 0 unspecified atom stereocenters. The fourth-order valence-corrected chi connectivity index (χ4v) is 1.15. The van der Waals surface area contributed by atoms with E-state index in [4.69, 9.17) is 15.8 Å². The van der Waals surface area contributed by atoms with E-state index in [9.17, 15) is 17.6 Å². The van der Waals surface area contributed by atoms with Gasteiger partial charge in [0.15, 0.2) is 0 Å². The predicted molar refractivity (Wildman–Crippen MR) is 49.2 cm³/mol. The van der Waals surface area contributed by atoms with Crippen LogP contribution in [0.1, 0.15) is 0 Å². The van der Waals surface area contributed by atoms with Crippen molar-refractivity contribution in [2.24, 2.45) is 0 Å². The SMILES string of the molecule is N#C[C-]=c1c(F)c(F)c(=C(C#N)C#N)c(F)c1F.[Zn]. The zero-order chi connectivity index (χ0) is 13.9. The van der Waals surface area contributed by atoms with Crippen molar-refractivity contribution >= 4 is 11.6 Å². The van der Waals surface area contributed by atoms with E-state index < -0.39 is 39.3 Å². The molecule has 0 aliphatic carbocycles. The maximum absolute atomic E-state index is 13.4. The summed E-state index contributed by atoms with van der Waals surface area (Å²) in [5, 5.41) is 22.3. The normalized spacial score (nSPS) is 8.47. The van der Waals surface area contributed by atoms with Crippen LogP contribution >= 0.6 is 0 Å². The average Bonchev–Trinajstić information content (AvgIpc) is 2.37. The van der Waals surface area contributed by atoms with Gasteiger partial charge in [-0.3, -0.25) is 8.78 Å². The number of benzene rings is 1. The topological polar surface area (TPSA) is 71.4 Å². The molecule has 0 radical (unpaired) electrons. The van der Waals surface area contributed by atoms with E-state index >= 15 is 0 Å². The summed E-state index contributed by atoms with van der Waals surface area (Å²) in [5.74, 6) is -7.64. The first-order chi connectivity index (χ1) is 8.49. The van der Waals surface area contributed by atoms with Gasteiger partial charge < -0.3 is 0 Å². The molecular weight excluding hydrogens is 316 g/mol. The van der Waals surface area contributed by atoms with Gasteiger partial charge in [-0.25, -0.2) is 14.0 Å². The van der Waals surface area contributed by atoms with Crippen LogP contribution < -0.4 is 10.4 Å². The fraction of sp³-hybridized carbons (Fsp3) is 0. The van der Waals surface area contributed by atoms with Crippen LogP contribution in [0.15, 0.2) is 0 Å². The molecule has 90 valence electrons. The quantitative estimate of drug-likeness (QED) is 0.305. The van der Waals surface area contributed by atoms with Crippen LogP contribution in [0.4, 0.5) is 17.6 Å². The second-order valence-electron chi connectivity index (χ2n) is 2.84. The molecule has 0 bridgehead atoms. The summed E-state index contributed by atoms with van der Waals surface area (Å²) >= 11 is 0. The van der Waals surface area contributed by atoms with E-state index in [-0.39, 0.29) is 19.5 Å². The van der Waals surface area contributed by atoms with E-state index in [0.717, 1.165) is 18.2 Å². The number of nitriles is 3. The zero-order valence-corrected chi connectivity index (χ0v) is 12.0. The molecular formula is C11F4N3Zn-. The van der Waals surface area contributed by atoms with Crippen LogP contribution in [0.5, 0.6) is 0 Å². The summed E-state index contributed by atoms with van der Waals surface area (Å²) in [6.07, 6.45) is 1.43. The van der Waals surface area contributed by atoms with E-state index in [0.29, 0.717) is 0 Å². The van der Waals surface area contributed by atoms with Crippen LogP contribution in [0.3, 0.4) is 0 Å². The summed E-state index contributed by atoms with van der Waals surface area (Å²) in [6.45, 7) is 0. The maximum atomic E-state index is 13.4. The van der Waals surface area contributed by atoms with Gasteiger partial charge in [0.25, 0.3) is 0 Å².